The average Bonchev–Trinajstić information content (AvgIpc) is 2.19. The highest BCUT2D eigenvalue weighted by molar-refractivity contribution is 5.80. The lowest BCUT2D eigenvalue weighted by Crippen LogP contribution is -2.40. The fraction of sp³-hybridized carbons (Fsp3) is 0.750. The Morgan fingerprint density at radius 3 is 2.27 bits per heavy atom. The van der Waals surface area contributed by atoms with Gasteiger partial charge in [-0.2, -0.15) is 0 Å². The van der Waals surface area contributed by atoms with Crippen molar-refractivity contribution in [3.05, 3.63) is 0 Å². The first kappa shape index (κ1) is 16.3. The average molecular weight is 222 g/mol. The van der Waals surface area contributed by atoms with Gasteiger partial charge in [0.2, 0.25) is 0 Å². The van der Waals surface area contributed by atoms with Crippen molar-refractivity contribution in [3.8, 4) is 0 Å². The highest BCUT2D eigenvalue weighted by Crippen LogP contribution is 1.92. The number of carboxylic acids is 2. The summed E-state index contributed by atoms with van der Waals surface area (Å²) in [6.45, 7) is 0.868. The van der Waals surface area contributed by atoms with E-state index in [2.05, 4.69) is 11.1 Å². The summed E-state index contributed by atoms with van der Waals surface area (Å²) in [5, 5.41) is 19.5. The fourth-order valence-electron chi connectivity index (χ4n) is 0.800. The minimum Gasteiger partial charge on any atom is -0.481 e. The van der Waals surface area contributed by atoms with Crippen LogP contribution in [0.2, 0.25) is 0 Å². The van der Waals surface area contributed by atoms with Gasteiger partial charge in [-0.3, -0.25) is 9.59 Å². The number of hydrogen-bond acceptors (Lipinski definition) is 4. The van der Waals surface area contributed by atoms with Gasteiger partial charge in [0.25, 0.3) is 0 Å². The largest absolute Gasteiger partial charge is 0.481 e. The summed E-state index contributed by atoms with van der Waals surface area (Å²) >= 11 is 0. The first-order valence-electron chi connectivity index (χ1n) is 4.66. The quantitative estimate of drug-likeness (QED) is 0.307. The smallest absolute Gasteiger partial charge is 0.321 e. The van der Waals surface area contributed by atoms with Crippen molar-refractivity contribution in [3.63, 3.8) is 0 Å². The van der Waals surface area contributed by atoms with Crippen LogP contribution in [0.5, 0.6) is 0 Å². The number of nitrogens with one attached hydrogen (secondary N) is 1. The highest BCUT2D eigenvalue weighted by atomic mass is 16.4. The van der Waals surface area contributed by atoms with Gasteiger partial charge in [-0.15, -0.1) is 0 Å². The number of quaternary nitrogens is 1. The molecule has 15 heavy (non-hydrogen) atoms. The molecular weight excluding hydrogens is 202 g/mol. The number of hydrogen-bond donors (Lipinski definition) is 5. The van der Waals surface area contributed by atoms with Crippen molar-refractivity contribution in [1.29, 1.82) is 0 Å². The Labute approximate surface area is 88.4 Å². The summed E-state index contributed by atoms with van der Waals surface area (Å²) < 4.78 is 0. The summed E-state index contributed by atoms with van der Waals surface area (Å²) in [5.41, 5.74) is 8.44. The van der Waals surface area contributed by atoms with Crippen LogP contribution in [0.15, 0.2) is 0 Å². The van der Waals surface area contributed by atoms with Crippen molar-refractivity contribution in [2.75, 3.05) is 20.1 Å². The molecule has 0 aliphatic heterocycles. The van der Waals surface area contributed by atoms with Gasteiger partial charge in [0.15, 0.2) is 0 Å². The summed E-state index contributed by atoms with van der Waals surface area (Å²) in [5.74, 6) is -2.29. The van der Waals surface area contributed by atoms with E-state index in [1.165, 1.54) is 0 Å². The van der Waals surface area contributed by atoms with E-state index in [4.69, 9.17) is 15.9 Å². The van der Waals surface area contributed by atoms with Gasteiger partial charge < -0.3 is 27.0 Å². The second kappa shape index (κ2) is 10.9. The van der Waals surface area contributed by atoms with Crippen LogP contribution in [0.1, 0.15) is 12.8 Å². The molecule has 90 valence electrons. The van der Waals surface area contributed by atoms with E-state index in [1.54, 1.807) is 7.05 Å². The number of aliphatic carboxylic acids is 2. The molecular formula is C8H20N3O4+. The van der Waals surface area contributed by atoms with Crippen molar-refractivity contribution < 1.29 is 25.5 Å². The van der Waals surface area contributed by atoms with Crippen molar-refractivity contribution >= 4 is 11.9 Å². The Bertz CT molecular complexity index is 187. The molecule has 1 atom stereocenters. The zero-order chi connectivity index (χ0) is 12.3. The Balaban J connectivity index is 0. The summed E-state index contributed by atoms with van der Waals surface area (Å²) in [6.07, 6.45) is 0.212. The van der Waals surface area contributed by atoms with Gasteiger partial charge in [-0.1, -0.05) is 0 Å². The van der Waals surface area contributed by atoms with E-state index in [-0.39, 0.29) is 0 Å². The molecule has 8 N–H and O–H groups in total. The second-order valence-electron chi connectivity index (χ2n) is 2.59. The number of nitrogens with two attached hydrogens (primary N) is 1. The Morgan fingerprint density at radius 1 is 1.40 bits per heavy atom. The monoisotopic (exact) mass is 222 g/mol. The summed E-state index contributed by atoms with van der Waals surface area (Å²) in [7, 11) is 1.75. The maximum atomic E-state index is 10.5. The molecule has 0 rings (SSSR count). The molecule has 0 heterocycles. The predicted octanol–water partition coefficient (Wildman–Crippen LogP) is -2.29. The van der Waals surface area contributed by atoms with E-state index in [1.807, 2.05) is 0 Å². The lowest BCUT2D eigenvalue weighted by atomic mass is 10.2. The number of carboxylic acid groups (broad SMARTS) is 2. The molecule has 0 saturated carbocycles. The van der Waals surface area contributed by atoms with E-state index in [9.17, 15) is 9.59 Å². The topological polar surface area (TPSA) is 140 Å². The molecule has 7 heteroatoms. The molecule has 0 bridgehead atoms. The molecule has 0 aromatic carbocycles. The zero-order valence-electron chi connectivity index (χ0n) is 8.90. The van der Waals surface area contributed by atoms with Crippen LogP contribution in [0, 0.1) is 0 Å². The summed E-state index contributed by atoms with van der Waals surface area (Å²) in [6, 6.07) is -1.02. The third-order valence-corrected chi connectivity index (χ3v) is 1.45. The molecule has 0 aromatic heterocycles. The SMILES string of the molecule is C[NH3+].NCCCNC(CC(=O)O)C(=O)O. The van der Waals surface area contributed by atoms with Crippen LogP contribution in [-0.4, -0.2) is 48.3 Å². The first-order chi connectivity index (χ1) is 7.07. The first-order valence-corrected chi connectivity index (χ1v) is 4.66. The molecule has 0 aromatic rings. The molecule has 0 spiro atoms. The van der Waals surface area contributed by atoms with Gasteiger partial charge in [0.1, 0.15) is 6.04 Å². The molecule has 0 amide bonds. The Morgan fingerprint density at radius 2 is 1.93 bits per heavy atom. The minimum absolute atomic E-state index is 0.417. The maximum Gasteiger partial charge on any atom is 0.321 e. The van der Waals surface area contributed by atoms with Crippen molar-refractivity contribution in [2.45, 2.75) is 18.9 Å². The molecule has 0 fully saturated rings. The van der Waals surface area contributed by atoms with Crippen LogP contribution in [0.25, 0.3) is 0 Å². The Hall–Kier alpha value is -1.18. The van der Waals surface area contributed by atoms with Crippen LogP contribution in [0.4, 0.5) is 0 Å². The lowest BCUT2D eigenvalue weighted by Gasteiger charge is -2.11. The van der Waals surface area contributed by atoms with Gasteiger partial charge in [0.05, 0.1) is 13.5 Å². The normalized spacial score (nSPS) is 11.1. The second-order valence-corrected chi connectivity index (χ2v) is 2.59. The number of rotatable bonds is 7. The maximum absolute atomic E-state index is 10.5. The third-order valence-electron chi connectivity index (χ3n) is 1.45. The van der Waals surface area contributed by atoms with Gasteiger partial charge in [-0.25, -0.2) is 0 Å². The van der Waals surface area contributed by atoms with Gasteiger partial charge in [0, 0.05) is 0 Å². The third kappa shape index (κ3) is 10.7. The minimum atomic E-state index is -1.15. The molecule has 0 radical (unpaired) electrons. The fourth-order valence-corrected chi connectivity index (χ4v) is 0.800. The van der Waals surface area contributed by atoms with Crippen LogP contribution in [0.3, 0.4) is 0 Å². The van der Waals surface area contributed by atoms with Crippen LogP contribution in [-0.2, 0) is 9.59 Å². The Kier molecular flexibility index (Phi) is 11.8. The van der Waals surface area contributed by atoms with Gasteiger partial charge >= 0.3 is 11.9 Å². The summed E-state index contributed by atoms with van der Waals surface area (Å²) in [4.78, 5) is 20.7. The van der Waals surface area contributed by atoms with E-state index in [0.717, 1.165) is 0 Å². The van der Waals surface area contributed by atoms with Crippen molar-refractivity contribution in [1.82, 2.24) is 5.32 Å². The molecule has 0 aliphatic rings. The van der Waals surface area contributed by atoms with Crippen LogP contribution >= 0.6 is 0 Å². The molecule has 1 unspecified atom stereocenters. The number of carbonyl (C=O) groups is 2. The molecule has 0 saturated heterocycles. The van der Waals surface area contributed by atoms with Gasteiger partial charge in [-0.05, 0) is 19.5 Å². The lowest BCUT2D eigenvalue weighted by molar-refractivity contribution is -0.325. The van der Waals surface area contributed by atoms with E-state index in [0.29, 0.717) is 19.5 Å². The standard InChI is InChI=1S/C7H14N2O4.CH5N/c8-2-1-3-9-5(7(12)13)4-6(10)11;1-2/h5,9H,1-4,8H2,(H,10,11)(H,12,13);2H2,1H3/p+1. The van der Waals surface area contributed by atoms with Crippen LogP contribution < -0.4 is 16.8 Å². The van der Waals surface area contributed by atoms with E-state index >= 15 is 0 Å². The van der Waals surface area contributed by atoms with Crippen molar-refractivity contribution in [2.24, 2.45) is 5.73 Å². The highest BCUT2D eigenvalue weighted by Gasteiger charge is 2.19. The molecule has 0 aliphatic carbocycles. The predicted molar refractivity (Wildman–Crippen MR) is 54.2 cm³/mol. The van der Waals surface area contributed by atoms with E-state index < -0.39 is 24.4 Å². The molecule has 7 nitrogen and oxygen atoms in total. The zero-order valence-corrected chi connectivity index (χ0v) is 8.90.